The van der Waals surface area contributed by atoms with Gasteiger partial charge in [0.25, 0.3) is 0 Å². The first-order valence-corrected chi connectivity index (χ1v) is 6.71. The van der Waals surface area contributed by atoms with Crippen molar-refractivity contribution in [2.75, 3.05) is 5.32 Å². The first-order valence-electron chi connectivity index (χ1n) is 6.71. The second-order valence-electron chi connectivity index (χ2n) is 4.97. The summed E-state index contributed by atoms with van der Waals surface area (Å²) in [6.45, 7) is 1.80. The Labute approximate surface area is 126 Å². The fourth-order valence-corrected chi connectivity index (χ4v) is 2.35. The van der Waals surface area contributed by atoms with Crippen LogP contribution in [0.3, 0.4) is 0 Å². The Morgan fingerprint density at radius 3 is 2.73 bits per heavy atom. The third-order valence-electron chi connectivity index (χ3n) is 3.43. The van der Waals surface area contributed by atoms with Crippen LogP contribution < -0.4 is 5.32 Å². The van der Waals surface area contributed by atoms with E-state index in [2.05, 4.69) is 10.3 Å². The molecule has 0 saturated carbocycles. The van der Waals surface area contributed by atoms with Crippen LogP contribution in [0.25, 0.3) is 22.2 Å². The van der Waals surface area contributed by atoms with E-state index >= 15 is 0 Å². The molecule has 1 aromatic heterocycles. The Hall–Kier alpha value is -2.95. The molecule has 0 aliphatic carbocycles. The molecule has 1 amide bonds. The third-order valence-corrected chi connectivity index (χ3v) is 3.43. The zero-order valence-electron chi connectivity index (χ0n) is 11.8. The summed E-state index contributed by atoms with van der Waals surface area (Å²) in [5.74, 6) is -0.361. The number of rotatable bonds is 2. The highest BCUT2D eigenvalue weighted by Gasteiger charge is 2.08. The number of aryl methyl sites for hydroxylation is 1. The van der Waals surface area contributed by atoms with Gasteiger partial charge in [-0.15, -0.1) is 0 Å². The lowest BCUT2D eigenvalue weighted by Crippen LogP contribution is -2.08. The van der Waals surface area contributed by atoms with Gasteiger partial charge in [0.1, 0.15) is 11.3 Å². The number of hydrogen-bond donors (Lipinski definition) is 2. The normalized spacial score (nSPS) is 10.6. The number of fused-ring (bicyclic) bond motifs is 1. The van der Waals surface area contributed by atoms with E-state index in [0.717, 1.165) is 16.5 Å². The van der Waals surface area contributed by atoms with Crippen molar-refractivity contribution in [2.24, 2.45) is 0 Å². The second kappa shape index (κ2) is 5.44. The number of anilines is 1. The first-order chi connectivity index (χ1) is 10.5. The molecule has 0 fully saturated rings. The highest BCUT2D eigenvalue weighted by atomic mass is 19.1. The number of carbonyl (C=O) groups is 1. The summed E-state index contributed by atoms with van der Waals surface area (Å²) in [5, 5.41) is 11.8. The van der Waals surface area contributed by atoms with Crippen molar-refractivity contribution in [3.8, 4) is 11.3 Å². The fraction of sp³-hybridized carbons (Fsp3) is 0.0588. The summed E-state index contributed by atoms with van der Waals surface area (Å²) in [6.07, 6.45) is -1.11. The maximum absolute atomic E-state index is 13.8. The summed E-state index contributed by atoms with van der Waals surface area (Å²) in [6, 6.07) is 13.7. The van der Waals surface area contributed by atoms with Crippen LogP contribution >= 0.6 is 0 Å². The predicted molar refractivity (Wildman–Crippen MR) is 83.5 cm³/mol. The minimum absolute atomic E-state index is 0.324. The molecule has 0 bridgehead atoms. The lowest BCUT2D eigenvalue weighted by Gasteiger charge is -2.09. The molecular formula is C17H13FN2O2. The molecule has 3 aromatic rings. The van der Waals surface area contributed by atoms with Crippen molar-refractivity contribution in [1.29, 1.82) is 0 Å². The maximum Gasteiger partial charge on any atom is 0.409 e. The van der Waals surface area contributed by atoms with Crippen molar-refractivity contribution in [2.45, 2.75) is 6.92 Å². The topological polar surface area (TPSA) is 62.2 Å². The molecule has 1 heterocycles. The van der Waals surface area contributed by atoms with E-state index in [4.69, 9.17) is 5.11 Å². The Kier molecular flexibility index (Phi) is 3.47. The van der Waals surface area contributed by atoms with E-state index in [9.17, 15) is 9.18 Å². The molecule has 3 rings (SSSR count). The smallest absolute Gasteiger partial charge is 0.409 e. The first kappa shape index (κ1) is 14.0. The predicted octanol–water partition coefficient (Wildman–Crippen LogP) is 4.44. The van der Waals surface area contributed by atoms with Crippen LogP contribution in [0.1, 0.15) is 5.56 Å². The molecule has 0 aliphatic heterocycles. The molecule has 2 N–H and O–H groups in total. The van der Waals surface area contributed by atoms with E-state index in [0.29, 0.717) is 16.9 Å². The third kappa shape index (κ3) is 2.61. The Balaban J connectivity index is 2.06. The van der Waals surface area contributed by atoms with Gasteiger partial charge in [0.2, 0.25) is 0 Å². The van der Waals surface area contributed by atoms with Gasteiger partial charge in [-0.3, -0.25) is 5.32 Å². The minimum atomic E-state index is -1.11. The van der Waals surface area contributed by atoms with Crippen molar-refractivity contribution >= 4 is 22.7 Å². The average molecular weight is 296 g/mol. The molecular weight excluding hydrogens is 283 g/mol. The highest BCUT2D eigenvalue weighted by Crippen LogP contribution is 2.26. The zero-order valence-corrected chi connectivity index (χ0v) is 11.8. The van der Waals surface area contributed by atoms with E-state index in [1.807, 2.05) is 18.2 Å². The zero-order chi connectivity index (χ0) is 15.7. The summed E-state index contributed by atoms with van der Waals surface area (Å²) in [7, 11) is 0. The number of benzene rings is 2. The molecule has 2 aromatic carbocycles. The second-order valence-corrected chi connectivity index (χ2v) is 4.97. The highest BCUT2D eigenvalue weighted by molar-refractivity contribution is 5.85. The van der Waals surface area contributed by atoms with Crippen LogP contribution in [0.5, 0.6) is 0 Å². The van der Waals surface area contributed by atoms with Crippen LogP contribution in [-0.2, 0) is 0 Å². The minimum Gasteiger partial charge on any atom is -0.465 e. The van der Waals surface area contributed by atoms with Crippen LogP contribution in [0.4, 0.5) is 14.9 Å². The average Bonchev–Trinajstić information content (AvgIpc) is 2.49. The van der Waals surface area contributed by atoms with Crippen LogP contribution in [0.15, 0.2) is 48.5 Å². The molecule has 22 heavy (non-hydrogen) atoms. The Morgan fingerprint density at radius 2 is 2.00 bits per heavy atom. The quantitative estimate of drug-likeness (QED) is 0.735. The number of para-hydroxylation sites is 1. The molecule has 0 spiro atoms. The number of aromatic nitrogens is 1. The summed E-state index contributed by atoms with van der Waals surface area (Å²) in [5.41, 5.74) is 3.06. The van der Waals surface area contributed by atoms with Gasteiger partial charge in [0, 0.05) is 16.6 Å². The summed E-state index contributed by atoms with van der Waals surface area (Å²) >= 11 is 0. The molecule has 110 valence electrons. The molecule has 5 heteroatoms. The van der Waals surface area contributed by atoms with Gasteiger partial charge in [-0.1, -0.05) is 24.3 Å². The van der Waals surface area contributed by atoms with Crippen LogP contribution in [0, 0.1) is 12.7 Å². The van der Waals surface area contributed by atoms with Gasteiger partial charge < -0.3 is 5.11 Å². The van der Waals surface area contributed by atoms with Crippen LogP contribution in [0.2, 0.25) is 0 Å². The Morgan fingerprint density at radius 1 is 1.18 bits per heavy atom. The van der Waals surface area contributed by atoms with Crippen LogP contribution in [-0.4, -0.2) is 16.2 Å². The SMILES string of the molecule is Cc1cc(-c2ccc3cccc(F)c3n2)ccc1NC(=O)O. The summed E-state index contributed by atoms with van der Waals surface area (Å²) in [4.78, 5) is 15.1. The van der Waals surface area contributed by atoms with E-state index in [1.54, 1.807) is 31.2 Å². The largest absolute Gasteiger partial charge is 0.465 e. The van der Waals surface area contributed by atoms with Gasteiger partial charge in [0.15, 0.2) is 0 Å². The van der Waals surface area contributed by atoms with Crippen molar-refractivity contribution in [3.63, 3.8) is 0 Å². The summed E-state index contributed by atoms with van der Waals surface area (Å²) < 4.78 is 13.8. The molecule has 0 atom stereocenters. The van der Waals surface area contributed by atoms with Gasteiger partial charge in [-0.25, -0.2) is 14.2 Å². The Bertz CT molecular complexity index is 878. The van der Waals surface area contributed by atoms with Crippen molar-refractivity contribution < 1.29 is 14.3 Å². The van der Waals surface area contributed by atoms with E-state index in [-0.39, 0.29) is 5.82 Å². The van der Waals surface area contributed by atoms with Gasteiger partial charge in [0.05, 0.1) is 5.69 Å². The molecule has 0 unspecified atom stereocenters. The van der Waals surface area contributed by atoms with E-state index in [1.165, 1.54) is 6.07 Å². The monoisotopic (exact) mass is 296 g/mol. The standard InChI is InChI=1S/C17H13FN2O2/c1-10-9-12(6-7-14(10)20-17(21)22)15-8-5-11-3-2-4-13(18)16(11)19-15/h2-9,20H,1H3,(H,21,22). The van der Waals surface area contributed by atoms with E-state index < -0.39 is 6.09 Å². The lowest BCUT2D eigenvalue weighted by atomic mass is 10.1. The number of pyridine rings is 1. The molecule has 0 radical (unpaired) electrons. The van der Waals surface area contributed by atoms with Crippen molar-refractivity contribution in [3.05, 3.63) is 59.9 Å². The number of amides is 1. The molecule has 4 nitrogen and oxygen atoms in total. The lowest BCUT2D eigenvalue weighted by molar-refractivity contribution is 0.209. The molecule has 0 saturated heterocycles. The number of nitrogens with zero attached hydrogens (tertiary/aromatic N) is 1. The van der Waals surface area contributed by atoms with Gasteiger partial charge >= 0.3 is 6.09 Å². The van der Waals surface area contributed by atoms with Gasteiger partial charge in [-0.2, -0.15) is 0 Å². The number of halogens is 1. The van der Waals surface area contributed by atoms with Gasteiger partial charge in [-0.05, 0) is 36.8 Å². The molecule has 0 aliphatic rings. The number of carboxylic acid groups (broad SMARTS) is 1. The number of hydrogen-bond acceptors (Lipinski definition) is 2. The maximum atomic E-state index is 13.8. The fourth-order valence-electron chi connectivity index (χ4n) is 2.35. The number of nitrogens with one attached hydrogen (secondary N) is 1. The van der Waals surface area contributed by atoms with Crippen molar-refractivity contribution in [1.82, 2.24) is 4.98 Å².